The van der Waals surface area contributed by atoms with Crippen molar-refractivity contribution in [1.82, 2.24) is 29.3 Å². The molecule has 0 saturated heterocycles. The van der Waals surface area contributed by atoms with Gasteiger partial charge in [-0.3, -0.25) is 9.48 Å². The van der Waals surface area contributed by atoms with Crippen molar-refractivity contribution >= 4 is 11.4 Å². The maximum absolute atomic E-state index is 11.8. The second-order valence-corrected chi connectivity index (χ2v) is 6.85. The van der Waals surface area contributed by atoms with Gasteiger partial charge >= 0.3 is 0 Å². The third kappa shape index (κ3) is 4.31. The highest BCUT2D eigenvalue weighted by Crippen LogP contribution is 2.30. The van der Waals surface area contributed by atoms with E-state index in [2.05, 4.69) is 16.8 Å². The summed E-state index contributed by atoms with van der Waals surface area (Å²) in [7, 11) is 3.68. The van der Waals surface area contributed by atoms with E-state index < -0.39 is 0 Å². The molecule has 0 bridgehead atoms. The average molecular weight is 396 g/mol. The lowest BCUT2D eigenvalue weighted by Gasteiger charge is -2.23. The lowest BCUT2D eigenvalue weighted by atomic mass is 10.2. The van der Waals surface area contributed by atoms with Crippen molar-refractivity contribution in [1.29, 1.82) is 0 Å². The summed E-state index contributed by atoms with van der Waals surface area (Å²) in [5.74, 6) is 0.493. The Morgan fingerprint density at radius 1 is 1.31 bits per heavy atom. The number of rotatable bonds is 5. The van der Waals surface area contributed by atoms with Crippen molar-refractivity contribution in [2.45, 2.75) is 45.3 Å². The summed E-state index contributed by atoms with van der Waals surface area (Å²) in [4.78, 5) is 18.3. The Morgan fingerprint density at radius 2 is 2.10 bits per heavy atom. The van der Waals surface area contributed by atoms with Crippen LogP contribution in [0.5, 0.6) is 5.88 Å². The third-order valence-electron chi connectivity index (χ3n) is 5.06. The van der Waals surface area contributed by atoms with E-state index in [9.17, 15) is 4.79 Å². The van der Waals surface area contributed by atoms with Crippen LogP contribution in [0.15, 0.2) is 43.5 Å². The molecule has 0 N–H and O–H groups in total. The van der Waals surface area contributed by atoms with Gasteiger partial charge in [0.05, 0.1) is 24.3 Å². The van der Waals surface area contributed by atoms with E-state index in [-0.39, 0.29) is 18.1 Å². The van der Waals surface area contributed by atoms with Crippen LogP contribution >= 0.6 is 0 Å². The molecule has 1 aliphatic carbocycles. The molecule has 3 heterocycles. The number of hydrogen-bond acceptors (Lipinski definition) is 5. The molecular formula is C21H28N6O2. The highest BCUT2D eigenvalue weighted by atomic mass is 16.5. The Labute approximate surface area is 170 Å². The number of carbonyl (C=O) groups is 1. The number of aryl methyl sites for hydroxylation is 1. The lowest BCUT2D eigenvalue weighted by molar-refractivity contribution is -0.126. The SMILES string of the molecule is C=CC(=O)N(C)[C@@H]1CC[C@H](Oc2nc(-c3cnn(C)c3)cn3nccc23)C1.CC. The summed E-state index contributed by atoms with van der Waals surface area (Å²) in [6.07, 6.45) is 11.2. The van der Waals surface area contributed by atoms with Gasteiger partial charge in [-0.25, -0.2) is 9.50 Å². The van der Waals surface area contributed by atoms with E-state index in [1.165, 1.54) is 6.08 Å². The van der Waals surface area contributed by atoms with Gasteiger partial charge in [-0.05, 0) is 25.0 Å². The molecule has 29 heavy (non-hydrogen) atoms. The molecular weight excluding hydrogens is 368 g/mol. The van der Waals surface area contributed by atoms with Crippen molar-refractivity contribution in [3.63, 3.8) is 0 Å². The van der Waals surface area contributed by atoms with Crippen molar-refractivity contribution in [2.24, 2.45) is 7.05 Å². The standard InChI is InChI=1S/C19H22N6O2.C2H6/c1-4-18(26)24(3)14-5-6-15(9-14)27-19-17-7-8-20-25(17)12-16(22-19)13-10-21-23(2)11-13;1-2/h4,7-8,10-12,14-15H,1,5-6,9H2,2-3H3;1-2H3/t14-,15+;/m1./s1. The number of likely N-dealkylation sites (N-methyl/N-ethyl adjacent to an activating group) is 1. The maximum Gasteiger partial charge on any atom is 0.245 e. The third-order valence-corrected chi connectivity index (χ3v) is 5.06. The molecule has 1 aliphatic rings. The molecule has 8 heteroatoms. The van der Waals surface area contributed by atoms with E-state index in [0.717, 1.165) is 36.0 Å². The minimum Gasteiger partial charge on any atom is -0.473 e. The van der Waals surface area contributed by atoms with Crippen LogP contribution in [-0.4, -0.2) is 54.4 Å². The Morgan fingerprint density at radius 3 is 2.79 bits per heavy atom. The summed E-state index contributed by atoms with van der Waals surface area (Å²) in [6, 6.07) is 2.04. The van der Waals surface area contributed by atoms with Crippen LogP contribution < -0.4 is 4.74 Å². The van der Waals surface area contributed by atoms with Gasteiger partial charge in [-0.15, -0.1) is 0 Å². The summed E-state index contributed by atoms with van der Waals surface area (Å²) in [5.41, 5.74) is 2.48. The molecule has 3 aromatic rings. The number of fused-ring (bicyclic) bond motifs is 1. The molecule has 0 aromatic carbocycles. The monoisotopic (exact) mass is 396 g/mol. The summed E-state index contributed by atoms with van der Waals surface area (Å²) < 4.78 is 9.75. The van der Waals surface area contributed by atoms with Gasteiger partial charge in [0, 0.05) is 38.3 Å². The zero-order chi connectivity index (χ0) is 21.0. The van der Waals surface area contributed by atoms with Gasteiger partial charge in [-0.1, -0.05) is 20.4 Å². The molecule has 1 saturated carbocycles. The number of hydrogen-bond donors (Lipinski definition) is 0. The van der Waals surface area contributed by atoms with E-state index in [0.29, 0.717) is 5.88 Å². The van der Waals surface area contributed by atoms with Crippen LogP contribution in [0, 0.1) is 0 Å². The maximum atomic E-state index is 11.8. The molecule has 154 valence electrons. The number of aromatic nitrogens is 5. The first-order valence-electron chi connectivity index (χ1n) is 9.94. The first-order valence-corrected chi connectivity index (χ1v) is 9.94. The van der Waals surface area contributed by atoms with Crippen LogP contribution in [0.25, 0.3) is 16.8 Å². The summed E-state index contributed by atoms with van der Waals surface area (Å²) in [5, 5.41) is 8.54. The number of carbonyl (C=O) groups excluding carboxylic acids is 1. The molecule has 0 unspecified atom stereocenters. The highest BCUT2D eigenvalue weighted by molar-refractivity contribution is 5.87. The van der Waals surface area contributed by atoms with Crippen LogP contribution in [0.1, 0.15) is 33.1 Å². The highest BCUT2D eigenvalue weighted by Gasteiger charge is 2.31. The van der Waals surface area contributed by atoms with Crippen molar-refractivity contribution in [3.05, 3.63) is 43.5 Å². The first-order chi connectivity index (χ1) is 14.0. The second-order valence-electron chi connectivity index (χ2n) is 6.85. The molecule has 1 fully saturated rings. The van der Waals surface area contributed by atoms with Gasteiger partial charge in [-0.2, -0.15) is 10.2 Å². The molecule has 2 atom stereocenters. The van der Waals surface area contributed by atoms with E-state index in [4.69, 9.17) is 9.72 Å². The molecule has 8 nitrogen and oxygen atoms in total. The van der Waals surface area contributed by atoms with E-state index in [1.807, 2.05) is 46.4 Å². The minimum atomic E-state index is -0.0597. The zero-order valence-electron chi connectivity index (χ0n) is 17.4. The Balaban J connectivity index is 0.00000117. The molecule has 0 spiro atoms. The fourth-order valence-electron chi connectivity index (χ4n) is 3.54. The number of ether oxygens (including phenoxy) is 1. The summed E-state index contributed by atoms with van der Waals surface area (Å²) >= 11 is 0. The predicted octanol–water partition coefficient (Wildman–Crippen LogP) is 3.10. The predicted molar refractivity (Wildman–Crippen MR) is 112 cm³/mol. The second kappa shape index (κ2) is 8.89. The minimum absolute atomic E-state index is 0.00501. The molecule has 4 rings (SSSR count). The van der Waals surface area contributed by atoms with E-state index in [1.54, 1.807) is 26.5 Å². The van der Waals surface area contributed by atoms with Gasteiger partial charge in [0.1, 0.15) is 11.6 Å². The fraction of sp³-hybridized carbons (Fsp3) is 0.429. The van der Waals surface area contributed by atoms with Gasteiger partial charge in [0.15, 0.2) is 0 Å². The van der Waals surface area contributed by atoms with Gasteiger partial charge < -0.3 is 9.64 Å². The van der Waals surface area contributed by atoms with Crippen LogP contribution in [0.3, 0.4) is 0 Å². The normalized spacial score (nSPS) is 18.2. The average Bonchev–Trinajstić information content (AvgIpc) is 3.49. The van der Waals surface area contributed by atoms with Gasteiger partial charge in [0.2, 0.25) is 11.8 Å². The van der Waals surface area contributed by atoms with Crippen molar-refractivity contribution in [3.8, 4) is 17.1 Å². The molecule has 0 radical (unpaired) electrons. The number of nitrogens with zero attached hydrogens (tertiary/aromatic N) is 6. The molecule has 3 aromatic heterocycles. The Bertz CT molecular complexity index is 992. The Kier molecular flexibility index (Phi) is 6.31. The van der Waals surface area contributed by atoms with Crippen molar-refractivity contribution < 1.29 is 9.53 Å². The van der Waals surface area contributed by atoms with Crippen LogP contribution in [-0.2, 0) is 11.8 Å². The number of amides is 1. The fourth-order valence-corrected chi connectivity index (χ4v) is 3.54. The van der Waals surface area contributed by atoms with Crippen molar-refractivity contribution in [2.75, 3.05) is 7.05 Å². The largest absolute Gasteiger partial charge is 0.473 e. The van der Waals surface area contributed by atoms with E-state index >= 15 is 0 Å². The topological polar surface area (TPSA) is 77.6 Å². The molecule has 1 amide bonds. The van der Waals surface area contributed by atoms with Gasteiger partial charge in [0.25, 0.3) is 0 Å². The quantitative estimate of drug-likeness (QED) is 0.619. The Hall–Kier alpha value is -3.16. The van der Waals surface area contributed by atoms with Crippen LogP contribution in [0.4, 0.5) is 0 Å². The van der Waals surface area contributed by atoms with Crippen LogP contribution in [0.2, 0.25) is 0 Å². The lowest BCUT2D eigenvalue weighted by Crippen LogP contribution is -2.34. The molecule has 0 aliphatic heterocycles. The summed E-state index contributed by atoms with van der Waals surface area (Å²) in [6.45, 7) is 7.56. The smallest absolute Gasteiger partial charge is 0.245 e. The zero-order valence-corrected chi connectivity index (χ0v) is 17.4. The first kappa shape index (κ1) is 20.6.